The van der Waals surface area contributed by atoms with Crippen LogP contribution in [0, 0.1) is 41.5 Å². The Morgan fingerprint density at radius 1 is 0.632 bits per heavy atom. The summed E-state index contributed by atoms with van der Waals surface area (Å²) in [6.45, 7) is 12.6. The highest BCUT2D eigenvalue weighted by Crippen LogP contribution is 2.39. The van der Waals surface area contributed by atoms with Crippen molar-refractivity contribution in [2.75, 3.05) is 7.11 Å². The van der Waals surface area contributed by atoms with Crippen LogP contribution in [0.3, 0.4) is 0 Å². The molecule has 198 valence electrons. The Morgan fingerprint density at radius 2 is 1.05 bits per heavy atom. The van der Waals surface area contributed by atoms with E-state index in [1.54, 1.807) is 7.11 Å². The van der Waals surface area contributed by atoms with Crippen LogP contribution in [0.1, 0.15) is 50.9 Å². The van der Waals surface area contributed by atoms with Crippen molar-refractivity contribution in [3.8, 4) is 33.8 Å². The number of phenolic OH excluding ortho intramolecular Hbond substituents is 2. The van der Waals surface area contributed by atoms with Crippen LogP contribution in [0.5, 0.6) is 11.5 Å². The predicted octanol–water partition coefficient (Wildman–Crippen LogP) is 8.47. The van der Waals surface area contributed by atoms with Crippen LogP contribution in [-0.2, 0) is 17.6 Å². The van der Waals surface area contributed by atoms with Crippen LogP contribution in [0.4, 0.5) is 0 Å². The van der Waals surface area contributed by atoms with E-state index in [1.165, 1.54) is 22.3 Å². The highest BCUT2D eigenvalue weighted by molar-refractivity contribution is 5.78. The average Bonchev–Trinajstić information content (AvgIpc) is 2.84. The number of hydrogen-bond donors (Lipinski definition) is 2. The summed E-state index contributed by atoms with van der Waals surface area (Å²) >= 11 is 0. The first-order valence-electron chi connectivity index (χ1n) is 13.4. The Balaban J connectivity index is 1.56. The molecule has 0 fully saturated rings. The smallest absolute Gasteiger partial charge is 0.126 e. The molecular formula is C35H40O3. The Bertz CT molecular complexity index is 1420. The minimum atomic E-state index is -0.0951. The molecule has 0 aromatic heterocycles. The number of para-hydroxylation sites is 2. The molecule has 0 bridgehead atoms. The van der Waals surface area contributed by atoms with Crippen LogP contribution < -0.4 is 0 Å². The number of ether oxygens (including phenoxy) is 1. The van der Waals surface area contributed by atoms with Crippen molar-refractivity contribution < 1.29 is 14.9 Å². The maximum atomic E-state index is 11.3. The van der Waals surface area contributed by atoms with Crippen LogP contribution in [0.25, 0.3) is 22.3 Å². The molecule has 38 heavy (non-hydrogen) atoms. The van der Waals surface area contributed by atoms with E-state index in [-0.39, 0.29) is 6.10 Å². The summed E-state index contributed by atoms with van der Waals surface area (Å²) in [5, 5.41) is 22.5. The molecule has 3 heteroatoms. The first-order valence-corrected chi connectivity index (χ1v) is 13.4. The second-order valence-electron chi connectivity index (χ2n) is 10.8. The van der Waals surface area contributed by atoms with Crippen molar-refractivity contribution in [2.45, 2.75) is 66.9 Å². The van der Waals surface area contributed by atoms with Crippen molar-refractivity contribution in [3.63, 3.8) is 0 Å². The number of rotatable bonds is 8. The number of benzene rings is 4. The van der Waals surface area contributed by atoms with Gasteiger partial charge in [0.15, 0.2) is 0 Å². The molecular weight excluding hydrogens is 468 g/mol. The van der Waals surface area contributed by atoms with E-state index in [2.05, 4.69) is 65.8 Å². The summed E-state index contributed by atoms with van der Waals surface area (Å²) in [7, 11) is 1.72. The highest BCUT2D eigenvalue weighted by atomic mass is 16.5. The lowest BCUT2D eigenvalue weighted by molar-refractivity contribution is 0.0952. The Morgan fingerprint density at radius 3 is 1.50 bits per heavy atom. The van der Waals surface area contributed by atoms with Crippen LogP contribution in [0.15, 0.2) is 60.7 Å². The lowest BCUT2D eigenvalue weighted by Crippen LogP contribution is -2.15. The van der Waals surface area contributed by atoms with E-state index in [0.717, 1.165) is 50.9 Å². The molecule has 0 spiro atoms. The van der Waals surface area contributed by atoms with E-state index in [9.17, 15) is 10.2 Å². The van der Waals surface area contributed by atoms with E-state index in [1.807, 2.05) is 36.4 Å². The Labute approximate surface area is 227 Å². The van der Waals surface area contributed by atoms with Gasteiger partial charge < -0.3 is 14.9 Å². The molecule has 4 aromatic rings. The molecule has 0 aliphatic heterocycles. The largest absolute Gasteiger partial charge is 0.507 e. The SMILES string of the molecule is CO[C@@H](CCc1cccc(-c2c(C)cc(C)cc2C)c1O)Cc1cccc(-c2c(C)cc(C)cc2C)c1O. The van der Waals surface area contributed by atoms with E-state index in [4.69, 9.17) is 4.74 Å². The summed E-state index contributed by atoms with van der Waals surface area (Å²) in [5.41, 5.74) is 12.8. The van der Waals surface area contributed by atoms with Crippen LogP contribution in [0.2, 0.25) is 0 Å². The van der Waals surface area contributed by atoms with Gasteiger partial charge in [-0.15, -0.1) is 0 Å². The number of phenols is 2. The molecule has 4 aromatic carbocycles. The summed E-state index contributed by atoms with van der Waals surface area (Å²) in [5.74, 6) is 0.660. The van der Waals surface area contributed by atoms with Gasteiger partial charge in [0.1, 0.15) is 11.5 Å². The first kappa shape index (κ1) is 27.5. The minimum Gasteiger partial charge on any atom is -0.507 e. The quantitative estimate of drug-likeness (QED) is 0.251. The zero-order chi connectivity index (χ0) is 27.6. The summed E-state index contributed by atoms with van der Waals surface area (Å²) in [6.07, 6.45) is 1.91. The zero-order valence-electron chi connectivity index (χ0n) is 23.8. The molecule has 0 heterocycles. The molecule has 0 unspecified atom stereocenters. The van der Waals surface area contributed by atoms with Crippen molar-refractivity contribution in [3.05, 3.63) is 105 Å². The standard InChI is InChI=1S/C35H40O3/c1-21-16-23(3)32(24(4)17-21)30-12-8-10-27(34(30)36)14-15-29(38-7)20-28-11-9-13-31(35(28)37)33-25(5)18-22(2)19-26(33)6/h8-13,16-19,29,36-37H,14-15,20H2,1-7H3/t29-/m0/s1. The second kappa shape index (κ2) is 11.4. The van der Waals surface area contributed by atoms with Crippen molar-refractivity contribution in [1.29, 1.82) is 0 Å². The van der Waals surface area contributed by atoms with E-state index >= 15 is 0 Å². The maximum absolute atomic E-state index is 11.3. The summed E-state index contributed by atoms with van der Waals surface area (Å²) < 4.78 is 5.85. The van der Waals surface area contributed by atoms with Crippen molar-refractivity contribution >= 4 is 0 Å². The topological polar surface area (TPSA) is 49.7 Å². The average molecular weight is 509 g/mol. The molecule has 3 nitrogen and oxygen atoms in total. The van der Waals surface area contributed by atoms with Crippen LogP contribution >= 0.6 is 0 Å². The second-order valence-corrected chi connectivity index (χ2v) is 10.8. The Kier molecular flexibility index (Phi) is 8.28. The lowest BCUT2D eigenvalue weighted by atomic mass is 9.90. The van der Waals surface area contributed by atoms with Gasteiger partial charge in [-0.2, -0.15) is 0 Å². The van der Waals surface area contributed by atoms with Crippen LogP contribution in [-0.4, -0.2) is 23.4 Å². The van der Waals surface area contributed by atoms with Gasteiger partial charge in [0.2, 0.25) is 0 Å². The number of aryl methyl sites for hydroxylation is 7. The fourth-order valence-corrected chi connectivity index (χ4v) is 6.03. The molecule has 4 rings (SSSR count). The minimum absolute atomic E-state index is 0.0951. The molecule has 0 aliphatic carbocycles. The molecule has 0 aliphatic rings. The molecule has 0 amide bonds. The molecule has 0 saturated carbocycles. The zero-order valence-corrected chi connectivity index (χ0v) is 23.8. The fraction of sp³-hybridized carbons (Fsp3) is 0.314. The third kappa shape index (κ3) is 5.63. The van der Waals surface area contributed by atoms with Gasteiger partial charge >= 0.3 is 0 Å². The van der Waals surface area contributed by atoms with Gasteiger partial charge in [0, 0.05) is 24.7 Å². The fourth-order valence-electron chi connectivity index (χ4n) is 6.03. The molecule has 0 saturated heterocycles. The lowest BCUT2D eigenvalue weighted by Gasteiger charge is -2.20. The number of aromatic hydroxyl groups is 2. The van der Waals surface area contributed by atoms with Gasteiger partial charge in [-0.3, -0.25) is 0 Å². The number of methoxy groups -OCH3 is 1. The van der Waals surface area contributed by atoms with E-state index < -0.39 is 0 Å². The van der Waals surface area contributed by atoms with Crippen molar-refractivity contribution in [1.82, 2.24) is 0 Å². The van der Waals surface area contributed by atoms with Gasteiger partial charge in [-0.05, 0) is 98.9 Å². The van der Waals surface area contributed by atoms with Gasteiger partial charge in [0.05, 0.1) is 6.10 Å². The normalized spacial score (nSPS) is 12.1. The predicted molar refractivity (Wildman–Crippen MR) is 158 cm³/mol. The van der Waals surface area contributed by atoms with Gasteiger partial charge in [0.25, 0.3) is 0 Å². The first-order chi connectivity index (χ1) is 18.1. The van der Waals surface area contributed by atoms with E-state index in [0.29, 0.717) is 24.3 Å². The summed E-state index contributed by atoms with van der Waals surface area (Å²) in [6, 6.07) is 20.6. The monoisotopic (exact) mass is 508 g/mol. The summed E-state index contributed by atoms with van der Waals surface area (Å²) in [4.78, 5) is 0. The molecule has 0 radical (unpaired) electrons. The maximum Gasteiger partial charge on any atom is 0.126 e. The third-order valence-corrected chi connectivity index (χ3v) is 7.65. The van der Waals surface area contributed by atoms with Crippen molar-refractivity contribution in [2.24, 2.45) is 0 Å². The van der Waals surface area contributed by atoms with Gasteiger partial charge in [-0.25, -0.2) is 0 Å². The van der Waals surface area contributed by atoms with Gasteiger partial charge in [-0.1, -0.05) is 71.8 Å². The highest BCUT2D eigenvalue weighted by Gasteiger charge is 2.19. The number of hydrogen-bond acceptors (Lipinski definition) is 3. The Hall–Kier alpha value is -3.56. The molecule has 2 N–H and O–H groups in total. The third-order valence-electron chi connectivity index (χ3n) is 7.65. The molecule has 1 atom stereocenters.